The number of hydrogen-bond acceptors (Lipinski definition) is 6. The summed E-state index contributed by atoms with van der Waals surface area (Å²) in [6.45, 7) is 0.971. The van der Waals surface area contributed by atoms with Gasteiger partial charge in [0.25, 0.3) is 5.91 Å². The summed E-state index contributed by atoms with van der Waals surface area (Å²) < 4.78 is 25.2. The van der Waals surface area contributed by atoms with Gasteiger partial charge in [-0.25, -0.2) is 13.4 Å². The summed E-state index contributed by atoms with van der Waals surface area (Å²) in [5, 5.41) is 3.30. The molecule has 1 aliphatic carbocycles. The van der Waals surface area contributed by atoms with Crippen molar-refractivity contribution in [3.05, 3.63) is 18.1 Å². The molecule has 2 aliphatic rings. The molecule has 1 aromatic heterocycles. The van der Waals surface area contributed by atoms with Crippen LogP contribution in [0, 0.1) is 11.8 Å². The van der Waals surface area contributed by atoms with E-state index in [1.54, 1.807) is 20.3 Å². The molecular formula is C15H23N5O3S. The third-order valence-corrected chi connectivity index (χ3v) is 5.86. The van der Waals surface area contributed by atoms with Gasteiger partial charge in [0.2, 0.25) is 10.0 Å². The Balaban J connectivity index is 1.77. The van der Waals surface area contributed by atoms with Crippen LogP contribution in [-0.4, -0.2) is 73.0 Å². The van der Waals surface area contributed by atoms with Gasteiger partial charge in [-0.3, -0.25) is 9.78 Å². The van der Waals surface area contributed by atoms with Gasteiger partial charge in [-0.15, -0.1) is 0 Å². The Labute approximate surface area is 142 Å². The molecule has 1 saturated carbocycles. The number of carbonyl (C=O) groups is 1. The number of hydrogen-bond donors (Lipinski definition) is 1. The number of nitrogens with one attached hydrogen (secondary N) is 1. The first-order valence-electron chi connectivity index (χ1n) is 8.01. The second-order valence-corrected chi connectivity index (χ2v) is 8.80. The maximum absolute atomic E-state index is 12.0. The summed E-state index contributed by atoms with van der Waals surface area (Å²) in [4.78, 5) is 21.9. The maximum atomic E-state index is 12.0. The third kappa shape index (κ3) is 3.67. The van der Waals surface area contributed by atoms with Crippen molar-refractivity contribution in [2.45, 2.75) is 18.9 Å². The van der Waals surface area contributed by atoms with Crippen LogP contribution in [0.15, 0.2) is 12.4 Å². The van der Waals surface area contributed by atoms with E-state index < -0.39 is 10.0 Å². The molecule has 2 heterocycles. The largest absolute Gasteiger partial charge is 0.364 e. The van der Waals surface area contributed by atoms with E-state index >= 15 is 0 Å². The second-order valence-electron chi connectivity index (χ2n) is 6.82. The van der Waals surface area contributed by atoms with Gasteiger partial charge in [0.1, 0.15) is 11.5 Å². The fourth-order valence-corrected chi connectivity index (χ4v) is 4.05. The number of sulfonamides is 1. The molecule has 9 heteroatoms. The first kappa shape index (κ1) is 17.1. The Morgan fingerprint density at radius 2 is 2.00 bits per heavy atom. The molecule has 2 atom stereocenters. The van der Waals surface area contributed by atoms with E-state index in [0.29, 0.717) is 24.8 Å². The monoisotopic (exact) mass is 353 g/mol. The number of anilines is 1. The van der Waals surface area contributed by atoms with Gasteiger partial charge in [0, 0.05) is 33.2 Å². The Kier molecular flexibility index (Phi) is 4.48. The minimum Gasteiger partial charge on any atom is -0.364 e. The molecule has 0 radical (unpaired) electrons. The van der Waals surface area contributed by atoms with Crippen LogP contribution in [-0.2, 0) is 10.0 Å². The number of amides is 1. The molecule has 2 fully saturated rings. The van der Waals surface area contributed by atoms with Gasteiger partial charge >= 0.3 is 0 Å². The summed E-state index contributed by atoms with van der Waals surface area (Å²) in [5.74, 6) is 1.13. The summed E-state index contributed by atoms with van der Waals surface area (Å²) >= 11 is 0. The Morgan fingerprint density at radius 3 is 2.58 bits per heavy atom. The highest BCUT2D eigenvalue weighted by Crippen LogP contribution is 2.42. The molecule has 0 bridgehead atoms. The quantitative estimate of drug-likeness (QED) is 0.816. The molecule has 1 aromatic rings. The summed E-state index contributed by atoms with van der Waals surface area (Å²) in [6, 6.07) is -0.00812. The number of rotatable bonds is 5. The highest BCUT2D eigenvalue weighted by Gasteiger charge is 2.45. The van der Waals surface area contributed by atoms with E-state index in [2.05, 4.69) is 15.3 Å². The predicted octanol–water partition coefficient (Wildman–Crippen LogP) is 0.260. The Hall–Kier alpha value is -1.74. The highest BCUT2D eigenvalue weighted by molar-refractivity contribution is 7.88. The van der Waals surface area contributed by atoms with E-state index in [4.69, 9.17) is 0 Å². The second kappa shape index (κ2) is 6.29. The Morgan fingerprint density at radius 1 is 1.29 bits per heavy atom. The first-order chi connectivity index (χ1) is 11.3. The smallest absolute Gasteiger partial charge is 0.273 e. The molecule has 8 nitrogen and oxygen atoms in total. The molecule has 0 unspecified atom stereocenters. The van der Waals surface area contributed by atoms with Crippen molar-refractivity contribution in [3.8, 4) is 0 Å². The van der Waals surface area contributed by atoms with Crippen LogP contribution in [0.25, 0.3) is 0 Å². The van der Waals surface area contributed by atoms with Gasteiger partial charge in [0.15, 0.2) is 0 Å². The average molecular weight is 353 g/mol. The van der Waals surface area contributed by atoms with E-state index in [1.165, 1.54) is 21.7 Å². The lowest BCUT2D eigenvalue weighted by atomic mass is 9.98. The van der Waals surface area contributed by atoms with Gasteiger partial charge in [0.05, 0.1) is 18.6 Å². The van der Waals surface area contributed by atoms with Crippen molar-refractivity contribution in [1.29, 1.82) is 0 Å². The molecule has 1 saturated heterocycles. The highest BCUT2D eigenvalue weighted by atomic mass is 32.2. The molecule has 0 spiro atoms. The van der Waals surface area contributed by atoms with Gasteiger partial charge in [-0.1, -0.05) is 0 Å². The molecular weight excluding hydrogens is 330 g/mol. The number of aromatic nitrogens is 2. The van der Waals surface area contributed by atoms with Crippen molar-refractivity contribution in [2.24, 2.45) is 11.8 Å². The zero-order valence-electron chi connectivity index (χ0n) is 14.1. The normalized spacial score (nSPS) is 24.8. The minimum absolute atomic E-state index is 0.00812. The molecule has 132 valence electrons. The average Bonchev–Trinajstić information content (AvgIpc) is 3.26. The zero-order chi connectivity index (χ0) is 17.5. The number of carbonyl (C=O) groups excluding carboxylic acids is 1. The molecule has 1 N–H and O–H groups in total. The minimum atomic E-state index is -3.20. The Bertz CT molecular complexity index is 732. The first-order valence-corrected chi connectivity index (χ1v) is 9.86. The fourth-order valence-electron chi connectivity index (χ4n) is 3.17. The molecule has 0 aromatic carbocycles. The number of nitrogens with zero attached hydrogens (tertiary/aromatic N) is 4. The third-order valence-electron chi connectivity index (χ3n) is 4.62. The molecule has 24 heavy (non-hydrogen) atoms. The molecule has 1 amide bonds. The van der Waals surface area contributed by atoms with Gasteiger partial charge in [-0.05, 0) is 24.7 Å². The van der Waals surface area contributed by atoms with Crippen LogP contribution in [0.2, 0.25) is 0 Å². The standard InChI is InChI=1S/C15H23N5O3S/c1-19(2)15(21)12-6-16-7-14(17-12)18-13-9-20(24(3,22)23)8-11(13)10-4-5-10/h6-7,10-11,13H,4-5,8-9H2,1-3H3,(H,17,18)/t11-,13+/m1/s1. The van der Waals surface area contributed by atoms with Crippen LogP contribution < -0.4 is 5.32 Å². The van der Waals surface area contributed by atoms with E-state index in [0.717, 1.165) is 12.8 Å². The maximum Gasteiger partial charge on any atom is 0.273 e. The summed E-state index contributed by atoms with van der Waals surface area (Å²) in [7, 11) is 0.119. The van der Waals surface area contributed by atoms with Gasteiger partial charge in [-0.2, -0.15) is 4.31 Å². The van der Waals surface area contributed by atoms with Crippen LogP contribution in [0.3, 0.4) is 0 Å². The van der Waals surface area contributed by atoms with Crippen LogP contribution >= 0.6 is 0 Å². The van der Waals surface area contributed by atoms with Crippen molar-refractivity contribution in [3.63, 3.8) is 0 Å². The molecule has 3 rings (SSSR count). The lowest BCUT2D eigenvalue weighted by molar-refractivity contribution is 0.0821. The predicted molar refractivity (Wildman–Crippen MR) is 90.1 cm³/mol. The zero-order valence-corrected chi connectivity index (χ0v) is 15.0. The van der Waals surface area contributed by atoms with E-state index in [-0.39, 0.29) is 23.6 Å². The van der Waals surface area contributed by atoms with Crippen molar-refractivity contribution < 1.29 is 13.2 Å². The van der Waals surface area contributed by atoms with Crippen molar-refractivity contribution >= 4 is 21.7 Å². The van der Waals surface area contributed by atoms with E-state index in [1.807, 2.05) is 0 Å². The SMILES string of the molecule is CN(C)C(=O)c1cncc(N[C@H]2CN(S(C)(=O)=O)C[C@@H]2C2CC2)n1. The topological polar surface area (TPSA) is 95.5 Å². The van der Waals surface area contributed by atoms with Gasteiger partial charge < -0.3 is 10.2 Å². The summed E-state index contributed by atoms with van der Waals surface area (Å²) in [6.07, 6.45) is 6.54. The van der Waals surface area contributed by atoms with Crippen molar-refractivity contribution in [1.82, 2.24) is 19.2 Å². The van der Waals surface area contributed by atoms with Crippen LogP contribution in [0.5, 0.6) is 0 Å². The van der Waals surface area contributed by atoms with Crippen molar-refractivity contribution in [2.75, 3.05) is 38.8 Å². The van der Waals surface area contributed by atoms with Crippen LogP contribution in [0.1, 0.15) is 23.3 Å². The van der Waals surface area contributed by atoms with E-state index in [9.17, 15) is 13.2 Å². The lowest BCUT2D eigenvalue weighted by Crippen LogP contribution is -2.32. The lowest BCUT2D eigenvalue weighted by Gasteiger charge is -2.20. The summed E-state index contributed by atoms with van der Waals surface area (Å²) in [5.41, 5.74) is 0.269. The molecule has 1 aliphatic heterocycles. The fraction of sp³-hybridized carbons (Fsp3) is 0.667. The van der Waals surface area contributed by atoms with Crippen LogP contribution in [0.4, 0.5) is 5.82 Å².